The van der Waals surface area contributed by atoms with Crippen LogP contribution >= 0.6 is 0 Å². The van der Waals surface area contributed by atoms with Crippen molar-refractivity contribution in [1.29, 1.82) is 0 Å². The topological polar surface area (TPSA) is 41.6 Å². The number of hydrogen-bond acceptors (Lipinski definition) is 3. The van der Waals surface area contributed by atoms with Gasteiger partial charge < -0.3 is 15.0 Å². The molecule has 1 aliphatic rings. The number of carbonyl (C=O) groups is 1. The van der Waals surface area contributed by atoms with E-state index in [1.54, 1.807) is 25.7 Å². The zero-order valence-electron chi connectivity index (χ0n) is 13.1. The molecular weight excluding hydrogens is 285 g/mol. The van der Waals surface area contributed by atoms with Gasteiger partial charge >= 0.3 is 12.3 Å². The quantitative estimate of drug-likeness (QED) is 0.866. The predicted molar refractivity (Wildman–Crippen MR) is 74.1 cm³/mol. The van der Waals surface area contributed by atoms with Gasteiger partial charge in [0.25, 0.3) is 0 Å². The standard InChI is InChI=1S/C14H25F3N2O2/c1-10(8-14(15,16)17)18-9-11-6-5-7-19(11)12(20)21-13(2,3)4/h10-11,18H,5-9H2,1-4H3. The maximum Gasteiger partial charge on any atom is 0.410 e. The van der Waals surface area contributed by atoms with E-state index in [-0.39, 0.29) is 6.04 Å². The van der Waals surface area contributed by atoms with Crippen LogP contribution in [0.25, 0.3) is 0 Å². The van der Waals surface area contributed by atoms with E-state index in [1.807, 2.05) is 0 Å². The van der Waals surface area contributed by atoms with Crippen LogP contribution in [-0.4, -0.2) is 47.9 Å². The summed E-state index contributed by atoms with van der Waals surface area (Å²) in [5.74, 6) is 0. The van der Waals surface area contributed by atoms with Crippen LogP contribution in [0.15, 0.2) is 0 Å². The Balaban J connectivity index is 2.45. The van der Waals surface area contributed by atoms with Crippen molar-refractivity contribution in [3.8, 4) is 0 Å². The number of nitrogens with one attached hydrogen (secondary N) is 1. The lowest BCUT2D eigenvalue weighted by Gasteiger charge is -2.29. The van der Waals surface area contributed by atoms with Crippen LogP contribution in [-0.2, 0) is 4.74 Å². The fraction of sp³-hybridized carbons (Fsp3) is 0.929. The first kappa shape index (κ1) is 18.1. The highest BCUT2D eigenvalue weighted by Gasteiger charge is 2.33. The van der Waals surface area contributed by atoms with Crippen molar-refractivity contribution in [2.45, 2.75) is 70.8 Å². The van der Waals surface area contributed by atoms with Crippen molar-refractivity contribution in [2.24, 2.45) is 0 Å². The number of ether oxygens (including phenoxy) is 1. The molecule has 7 heteroatoms. The van der Waals surface area contributed by atoms with Gasteiger partial charge in [0, 0.05) is 25.2 Å². The van der Waals surface area contributed by atoms with E-state index in [4.69, 9.17) is 4.74 Å². The molecule has 1 amide bonds. The maximum absolute atomic E-state index is 12.3. The third-order valence-corrected chi connectivity index (χ3v) is 3.24. The molecule has 1 fully saturated rings. The molecule has 1 saturated heterocycles. The second kappa shape index (κ2) is 6.85. The smallest absolute Gasteiger partial charge is 0.410 e. The fourth-order valence-corrected chi connectivity index (χ4v) is 2.37. The molecule has 2 unspecified atom stereocenters. The average molecular weight is 310 g/mol. The highest BCUT2D eigenvalue weighted by Crippen LogP contribution is 2.23. The summed E-state index contributed by atoms with van der Waals surface area (Å²) in [7, 11) is 0. The molecule has 0 aromatic rings. The molecule has 0 aliphatic carbocycles. The summed E-state index contributed by atoms with van der Waals surface area (Å²) < 4.78 is 42.1. The van der Waals surface area contributed by atoms with Crippen LogP contribution in [0, 0.1) is 0 Å². The van der Waals surface area contributed by atoms with E-state index in [2.05, 4.69) is 5.32 Å². The number of likely N-dealkylation sites (tertiary alicyclic amines) is 1. The van der Waals surface area contributed by atoms with Crippen molar-refractivity contribution in [3.05, 3.63) is 0 Å². The summed E-state index contributed by atoms with van der Waals surface area (Å²) in [6.45, 7) is 7.82. The van der Waals surface area contributed by atoms with E-state index < -0.39 is 30.3 Å². The SMILES string of the molecule is CC(CC(F)(F)F)NCC1CCCN1C(=O)OC(C)(C)C. The number of amides is 1. The Hall–Kier alpha value is -0.980. The Morgan fingerprint density at radius 2 is 2.00 bits per heavy atom. The average Bonchev–Trinajstić information content (AvgIpc) is 2.69. The van der Waals surface area contributed by atoms with Gasteiger partial charge in [0.15, 0.2) is 0 Å². The van der Waals surface area contributed by atoms with E-state index in [9.17, 15) is 18.0 Å². The zero-order chi connectivity index (χ0) is 16.3. The van der Waals surface area contributed by atoms with Gasteiger partial charge in [-0.2, -0.15) is 13.2 Å². The molecule has 2 atom stereocenters. The Labute approximate surface area is 124 Å². The minimum Gasteiger partial charge on any atom is -0.444 e. The van der Waals surface area contributed by atoms with E-state index in [1.165, 1.54) is 6.92 Å². The first-order valence-electron chi connectivity index (χ1n) is 7.28. The molecule has 1 N–H and O–H groups in total. The Bertz CT molecular complexity index is 353. The molecule has 0 aromatic carbocycles. The lowest BCUT2D eigenvalue weighted by atomic mass is 10.2. The summed E-state index contributed by atoms with van der Waals surface area (Å²) in [6, 6.07) is -0.762. The Kier molecular flexibility index (Phi) is 5.90. The molecule has 1 heterocycles. The molecule has 0 aromatic heterocycles. The number of carbonyl (C=O) groups excluding carboxylic acids is 1. The first-order valence-corrected chi connectivity index (χ1v) is 7.28. The van der Waals surface area contributed by atoms with Crippen molar-refractivity contribution >= 4 is 6.09 Å². The van der Waals surface area contributed by atoms with Crippen LogP contribution in [0.2, 0.25) is 0 Å². The third kappa shape index (κ3) is 7.02. The lowest BCUT2D eigenvalue weighted by molar-refractivity contribution is -0.139. The summed E-state index contributed by atoms with van der Waals surface area (Å²) in [4.78, 5) is 13.7. The number of rotatable bonds is 4. The third-order valence-electron chi connectivity index (χ3n) is 3.24. The Morgan fingerprint density at radius 1 is 1.38 bits per heavy atom. The predicted octanol–water partition coefficient (Wildman–Crippen LogP) is 3.32. The van der Waals surface area contributed by atoms with Gasteiger partial charge in [-0.25, -0.2) is 4.79 Å². The van der Waals surface area contributed by atoms with E-state index in [0.717, 1.165) is 12.8 Å². The molecule has 0 spiro atoms. The summed E-state index contributed by atoms with van der Waals surface area (Å²) in [5.41, 5.74) is -0.568. The molecule has 124 valence electrons. The van der Waals surface area contributed by atoms with Crippen molar-refractivity contribution < 1.29 is 22.7 Å². The molecule has 1 rings (SSSR count). The summed E-state index contributed by atoms with van der Waals surface area (Å²) in [5, 5.41) is 2.86. The highest BCUT2D eigenvalue weighted by molar-refractivity contribution is 5.69. The van der Waals surface area contributed by atoms with Crippen LogP contribution in [0.5, 0.6) is 0 Å². The lowest BCUT2D eigenvalue weighted by Crippen LogP contribution is -2.46. The van der Waals surface area contributed by atoms with E-state index in [0.29, 0.717) is 13.1 Å². The van der Waals surface area contributed by atoms with Gasteiger partial charge in [0.2, 0.25) is 0 Å². The fourth-order valence-electron chi connectivity index (χ4n) is 2.37. The van der Waals surface area contributed by atoms with Crippen molar-refractivity contribution in [1.82, 2.24) is 10.2 Å². The van der Waals surface area contributed by atoms with Crippen LogP contribution in [0.1, 0.15) is 47.0 Å². The molecular formula is C14H25F3N2O2. The summed E-state index contributed by atoms with van der Waals surface area (Å²) in [6.07, 6.45) is -3.81. The minimum atomic E-state index is -4.17. The number of alkyl halides is 3. The molecule has 0 radical (unpaired) electrons. The number of halogens is 3. The largest absolute Gasteiger partial charge is 0.444 e. The van der Waals surface area contributed by atoms with Gasteiger partial charge in [0.05, 0.1) is 6.42 Å². The van der Waals surface area contributed by atoms with Crippen molar-refractivity contribution in [3.63, 3.8) is 0 Å². The van der Waals surface area contributed by atoms with Gasteiger partial charge in [0.1, 0.15) is 5.60 Å². The maximum atomic E-state index is 12.3. The van der Waals surface area contributed by atoms with Gasteiger partial charge in [-0.05, 0) is 40.5 Å². The zero-order valence-corrected chi connectivity index (χ0v) is 13.1. The van der Waals surface area contributed by atoms with Gasteiger partial charge in [-0.1, -0.05) is 0 Å². The van der Waals surface area contributed by atoms with Crippen LogP contribution in [0.4, 0.5) is 18.0 Å². The summed E-state index contributed by atoms with van der Waals surface area (Å²) >= 11 is 0. The molecule has 4 nitrogen and oxygen atoms in total. The molecule has 21 heavy (non-hydrogen) atoms. The highest BCUT2D eigenvalue weighted by atomic mass is 19.4. The van der Waals surface area contributed by atoms with Crippen molar-refractivity contribution in [2.75, 3.05) is 13.1 Å². The van der Waals surface area contributed by atoms with Crippen LogP contribution < -0.4 is 5.32 Å². The molecule has 1 aliphatic heterocycles. The second-order valence-corrected chi connectivity index (χ2v) is 6.60. The van der Waals surface area contributed by atoms with Crippen LogP contribution in [0.3, 0.4) is 0 Å². The monoisotopic (exact) mass is 310 g/mol. The van der Waals surface area contributed by atoms with Gasteiger partial charge in [-0.3, -0.25) is 0 Å². The first-order chi connectivity index (χ1) is 9.48. The molecule has 0 bridgehead atoms. The second-order valence-electron chi connectivity index (χ2n) is 6.60. The molecule has 0 saturated carbocycles. The Morgan fingerprint density at radius 3 is 2.52 bits per heavy atom. The number of nitrogens with zero attached hydrogens (tertiary/aromatic N) is 1. The minimum absolute atomic E-state index is 0.101. The number of hydrogen-bond donors (Lipinski definition) is 1. The van der Waals surface area contributed by atoms with Gasteiger partial charge in [-0.15, -0.1) is 0 Å². The van der Waals surface area contributed by atoms with E-state index >= 15 is 0 Å². The normalized spacial score (nSPS) is 21.5.